The number of ether oxygens (including phenoxy) is 1. The smallest absolute Gasteiger partial charge is 0.534 e. The number of aromatic carboxylic acids is 1. The second-order valence-corrected chi connectivity index (χ2v) is 7.31. The van der Waals surface area contributed by atoms with E-state index in [9.17, 15) is 14.9 Å². The molecule has 0 aliphatic carbocycles. The Morgan fingerprint density at radius 2 is 2.33 bits per heavy atom. The molecule has 0 saturated carbocycles. The first kappa shape index (κ1) is 19.5. The first-order chi connectivity index (χ1) is 13.0. The molecule has 1 aromatic heterocycles. The van der Waals surface area contributed by atoms with E-state index in [-0.39, 0.29) is 22.2 Å². The molecule has 1 aliphatic heterocycles. The van der Waals surface area contributed by atoms with Crippen molar-refractivity contribution < 1.29 is 24.3 Å². The van der Waals surface area contributed by atoms with Crippen LogP contribution in [0.25, 0.3) is 0 Å². The lowest BCUT2D eigenvalue weighted by molar-refractivity contribution is 0.0690. The van der Waals surface area contributed by atoms with Gasteiger partial charge in [-0.3, -0.25) is 0 Å². The molecule has 3 rings (SSSR count). The van der Waals surface area contributed by atoms with Crippen LogP contribution in [0.15, 0.2) is 23.6 Å². The summed E-state index contributed by atoms with van der Waals surface area (Å²) in [6, 6.07) is 3.35. The average Bonchev–Trinajstić information content (AvgIpc) is 3.08. The number of hydrogen-bond donors (Lipinski definition) is 3. The molecule has 1 aromatic carbocycles. The van der Waals surface area contributed by atoms with Crippen LogP contribution in [-0.2, 0) is 13.0 Å². The van der Waals surface area contributed by atoms with E-state index in [0.717, 1.165) is 19.4 Å². The molecule has 0 unspecified atom stereocenters. The lowest BCUT2D eigenvalue weighted by Gasteiger charge is -2.28. The summed E-state index contributed by atoms with van der Waals surface area (Å²) in [5.74, 6) is -0.823. The van der Waals surface area contributed by atoms with Gasteiger partial charge in [0.05, 0.1) is 12.3 Å². The van der Waals surface area contributed by atoms with Crippen molar-refractivity contribution in [1.82, 2.24) is 14.8 Å². The fourth-order valence-electron chi connectivity index (χ4n) is 2.94. The zero-order valence-corrected chi connectivity index (χ0v) is 15.7. The number of aromatic nitrogens is 3. The maximum absolute atomic E-state index is 11.6. The van der Waals surface area contributed by atoms with Gasteiger partial charge in [0.2, 0.25) is 0 Å². The lowest BCUT2D eigenvalue weighted by atomic mass is 9.77. The summed E-state index contributed by atoms with van der Waals surface area (Å²) in [5.41, 5.74) is 6.15. The number of aryl methyl sites for hydroxylation is 1. The fourth-order valence-corrected chi connectivity index (χ4v) is 4.01. The number of hydrogen-bond acceptors (Lipinski definition) is 8. The van der Waals surface area contributed by atoms with Gasteiger partial charge in [-0.25, -0.2) is 4.79 Å². The summed E-state index contributed by atoms with van der Waals surface area (Å²) in [6.45, 7) is 1.37. The predicted molar refractivity (Wildman–Crippen MR) is 100 cm³/mol. The molecule has 1 atom stereocenters. The standard InChI is InChI=1S/C16H21BN4O5S/c1-25-11-5-4-10-8-12(17(24)26-14(10)13(11)15(22)23)27-16-20-19-9-21(16)7-3-2-6-18/h4-5,9,12,24H,2-3,6-8,18H2,1H3,(H,22,23)/t12-/m0/s1. The van der Waals surface area contributed by atoms with Gasteiger partial charge in [0.1, 0.15) is 23.4 Å². The Hall–Kier alpha value is -2.24. The van der Waals surface area contributed by atoms with Gasteiger partial charge in [-0.1, -0.05) is 17.8 Å². The van der Waals surface area contributed by atoms with E-state index in [1.807, 2.05) is 4.57 Å². The highest BCUT2D eigenvalue weighted by atomic mass is 32.2. The zero-order valence-electron chi connectivity index (χ0n) is 14.9. The van der Waals surface area contributed by atoms with Gasteiger partial charge in [-0.05, 0) is 37.4 Å². The summed E-state index contributed by atoms with van der Waals surface area (Å²) >= 11 is 1.36. The third kappa shape index (κ3) is 4.20. The lowest BCUT2D eigenvalue weighted by Crippen LogP contribution is -2.41. The number of unbranched alkanes of at least 4 members (excludes halogenated alkanes) is 1. The third-order valence-corrected chi connectivity index (χ3v) is 5.53. The summed E-state index contributed by atoms with van der Waals surface area (Å²) < 4.78 is 12.6. The second-order valence-electron chi connectivity index (χ2n) is 6.11. The highest BCUT2D eigenvalue weighted by Crippen LogP contribution is 2.39. The van der Waals surface area contributed by atoms with Crippen LogP contribution in [0.5, 0.6) is 11.5 Å². The fraction of sp³-hybridized carbons (Fsp3) is 0.438. The molecular weight excluding hydrogens is 371 g/mol. The molecule has 27 heavy (non-hydrogen) atoms. The SMILES string of the molecule is COc1ccc2c(c1C(=O)O)OB(O)[C@@H](Sc1nncn1CCCCN)C2. The Morgan fingerprint density at radius 1 is 1.52 bits per heavy atom. The summed E-state index contributed by atoms with van der Waals surface area (Å²) in [4.78, 5) is 11.6. The Balaban J connectivity index is 1.79. The van der Waals surface area contributed by atoms with Crippen LogP contribution in [0.4, 0.5) is 0 Å². The molecule has 11 heteroatoms. The minimum Gasteiger partial charge on any atom is -0.534 e. The summed E-state index contributed by atoms with van der Waals surface area (Å²) in [7, 11) is 0.214. The molecule has 2 aromatic rings. The molecule has 9 nitrogen and oxygen atoms in total. The Bertz CT molecular complexity index is 818. The monoisotopic (exact) mass is 392 g/mol. The quantitative estimate of drug-likeness (QED) is 0.441. The predicted octanol–water partition coefficient (Wildman–Crippen LogP) is 0.839. The van der Waals surface area contributed by atoms with E-state index in [1.54, 1.807) is 18.5 Å². The average molecular weight is 392 g/mol. The molecule has 0 fully saturated rings. The first-order valence-corrected chi connectivity index (χ1v) is 9.45. The van der Waals surface area contributed by atoms with E-state index >= 15 is 0 Å². The number of methoxy groups -OCH3 is 1. The van der Waals surface area contributed by atoms with Crippen LogP contribution >= 0.6 is 11.8 Å². The Morgan fingerprint density at radius 3 is 3.04 bits per heavy atom. The van der Waals surface area contributed by atoms with Gasteiger partial charge in [0.25, 0.3) is 0 Å². The highest BCUT2D eigenvalue weighted by Gasteiger charge is 2.39. The van der Waals surface area contributed by atoms with Crippen molar-refractivity contribution in [2.45, 2.75) is 36.1 Å². The molecule has 144 valence electrons. The highest BCUT2D eigenvalue weighted by molar-refractivity contribution is 8.01. The zero-order chi connectivity index (χ0) is 19.4. The number of carboxylic acids is 1. The van der Waals surface area contributed by atoms with Crippen molar-refractivity contribution in [2.75, 3.05) is 13.7 Å². The van der Waals surface area contributed by atoms with Crippen LogP contribution in [0, 0.1) is 0 Å². The van der Waals surface area contributed by atoms with Gasteiger partial charge < -0.3 is 29.8 Å². The van der Waals surface area contributed by atoms with Crippen molar-refractivity contribution in [3.05, 3.63) is 29.6 Å². The largest absolute Gasteiger partial charge is 0.537 e. The molecule has 2 heterocycles. The Kier molecular flexibility index (Phi) is 6.24. The van der Waals surface area contributed by atoms with E-state index in [4.69, 9.17) is 15.1 Å². The number of carboxylic acid groups (broad SMARTS) is 1. The van der Waals surface area contributed by atoms with Crippen molar-refractivity contribution in [3.8, 4) is 11.5 Å². The van der Waals surface area contributed by atoms with Crippen molar-refractivity contribution in [2.24, 2.45) is 5.73 Å². The van der Waals surface area contributed by atoms with Crippen LogP contribution in [0.1, 0.15) is 28.8 Å². The van der Waals surface area contributed by atoms with Gasteiger partial charge in [0.15, 0.2) is 5.16 Å². The summed E-state index contributed by atoms with van der Waals surface area (Å²) in [5, 5.41) is 28.3. The van der Waals surface area contributed by atoms with Gasteiger partial charge in [0, 0.05) is 6.54 Å². The van der Waals surface area contributed by atoms with E-state index in [2.05, 4.69) is 10.2 Å². The third-order valence-electron chi connectivity index (χ3n) is 4.30. The van der Waals surface area contributed by atoms with Crippen LogP contribution in [0.3, 0.4) is 0 Å². The number of fused-ring (bicyclic) bond motifs is 1. The molecule has 0 bridgehead atoms. The van der Waals surface area contributed by atoms with Crippen molar-refractivity contribution >= 4 is 24.8 Å². The molecule has 1 aliphatic rings. The number of nitrogens with zero attached hydrogens (tertiary/aromatic N) is 3. The number of carbonyl (C=O) groups is 1. The molecule has 0 saturated heterocycles. The van der Waals surface area contributed by atoms with Crippen molar-refractivity contribution in [1.29, 1.82) is 0 Å². The number of nitrogens with two attached hydrogens (primary N) is 1. The second kappa shape index (κ2) is 8.64. The first-order valence-electron chi connectivity index (χ1n) is 8.57. The number of thioether (sulfide) groups is 1. The van der Waals surface area contributed by atoms with Crippen LogP contribution < -0.4 is 15.1 Å². The number of benzene rings is 1. The molecule has 0 radical (unpaired) electrons. The Labute approximate surface area is 161 Å². The van der Waals surface area contributed by atoms with E-state index in [0.29, 0.717) is 23.7 Å². The topological polar surface area (TPSA) is 133 Å². The van der Waals surface area contributed by atoms with Crippen molar-refractivity contribution in [3.63, 3.8) is 0 Å². The minimum atomic E-state index is -1.18. The molecule has 0 amide bonds. The van der Waals surface area contributed by atoms with Gasteiger partial charge in [-0.2, -0.15) is 0 Å². The molecular formula is C16H21BN4O5S. The maximum atomic E-state index is 11.6. The van der Waals surface area contributed by atoms with Gasteiger partial charge >= 0.3 is 13.1 Å². The van der Waals surface area contributed by atoms with E-state index < -0.39 is 13.1 Å². The summed E-state index contributed by atoms with van der Waals surface area (Å²) in [6.07, 6.45) is 3.90. The molecule has 4 N–H and O–H groups in total. The normalized spacial score (nSPS) is 16.0. The minimum absolute atomic E-state index is 0.0811. The maximum Gasteiger partial charge on any atom is 0.537 e. The van der Waals surface area contributed by atoms with Crippen LogP contribution in [-0.4, -0.2) is 56.8 Å². The van der Waals surface area contributed by atoms with Crippen LogP contribution in [0.2, 0.25) is 0 Å². The van der Waals surface area contributed by atoms with Gasteiger partial charge in [-0.15, -0.1) is 10.2 Å². The number of rotatable bonds is 8. The van der Waals surface area contributed by atoms with E-state index in [1.165, 1.54) is 18.9 Å². The molecule has 0 spiro atoms.